The van der Waals surface area contributed by atoms with E-state index in [1.165, 1.54) is 0 Å². The lowest BCUT2D eigenvalue weighted by Gasteiger charge is -2.21. The molecule has 1 aliphatic heterocycles. The van der Waals surface area contributed by atoms with Crippen LogP contribution in [0.2, 0.25) is 5.02 Å². The van der Waals surface area contributed by atoms with Crippen molar-refractivity contribution in [3.8, 4) is 5.75 Å². The molecule has 98 valence electrons. The molecule has 1 aliphatic rings. The van der Waals surface area contributed by atoms with Crippen LogP contribution in [0.15, 0.2) is 18.2 Å². The van der Waals surface area contributed by atoms with Gasteiger partial charge in [0, 0.05) is 18.1 Å². The van der Waals surface area contributed by atoms with Gasteiger partial charge in [0.25, 0.3) is 5.91 Å². The summed E-state index contributed by atoms with van der Waals surface area (Å²) in [7, 11) is 0. The van der Waals surface area contributed by atoms with E-state index in [0.29, 0.717) is 10.8 Å². The minimum atomic E-state index is -0.441. The zero-order valence-corrected chi connectivity index (χ0v) is 11.5. The van der Waals surface area contributed by atoms with E-state index >= 15 is 0 Å². The van der Waals surface area contributed by atoms with E-state index in [2.05, 4.69) is 0 Å². The number of amides is 1. The minimum Gasteiger partial charge on any atom is -0.481 e. The first-order valence-corrected chi connectivity index (χ1v) is 6.67. The number of aryl methyl sites for hydroxylation is 1. The van der Waals surface area contributed by atoms with Crippen molar-refractivity contribution >= 4 is 17.5 Å². The Morgan fingerprint density at radius 1 is 1.39 bits per heavy atom. The molecule has 4 heteroatoms. The molecule has 1 saturated heterocycles. The maximum absolute atomic E-state index is 12.1. The van der Waals surface area contributed by atoms with Crippen molar-refractivity contribution in [2.45, 2.75) is 32.8 Å². The molecule has 18 heavy (non-hydrogen) atoms. The Morgan fingerprint density at radius 3 is 2.67 bits per heavy atom. The quantitative estimate of drug-likeness (QED) is 0.842. The highest BCUT2D eigenvalue weighted by atomic mass is 35.5. The Labute approximate surface area is 113 Å². The normalized spacial score (nSPS) is 16.7. The van der Waals surface area contributed by atoms with Gasteiger partial charge in [0.05, 0.1) is 0 Å². The Balaban J connectivity index is 1.99. The fourth-order valence-corrected chi connectivity index (χ4v) is 2.26. The molecule has 0 spiro atoms. The number of halogens is 1. The third-order valence-corrected chi connectivity index (χ3v) is 3.63. The van der Waals surface area contributed by atoms with Crippen LogP contribution in [0.1, 0.15) is 25.3 Å². The summed E-state index contributed by atoms with van der Waals surface area (Å²) in [5.41, 5.74) is 0.954. The molecule has 0 saturated carbocycles. The van der Waals surface area contributed by atoms with E-state index in [-0.39, 0.29) is 5.91 Å². The molecular formula is C14H18ClNO2. The third-order valence-electron chi connectivity index (χ3n) is 3.21. The summed E-state index contributed by atoms with van der Waals surface area (Å²) in [5, 5.41) is 0.709. The van der Waals surface area contributed by atoms with Crippen molar-refractivity contribution in [3.63, 3.8) is 0 Å². The second kappa shape index (κ2) is 5.61. The fourth-order valence-electron chi connectivity index (χ4n) is 2.14. The standard InChI is InChI=1S/C14H18ClNO2/c1-10-9-12(5-6-13(10)15)18-11(2)14(17)16-7-3-4-8-16/h5-6,9,11H,3-4,7-8H2,1-2H3/t11-/m1/s1. The summed E-state index contributed by atoms with van der Waals surface area (Å²) < 4.78 is 5.67. The minimum absolute atomic E-state index is 0.0695. The van der Waals surface area contributed by atoms with Crippen molar-refractivity contribution < 1.29 is 9.53 Å². The number of ether oxygens (including phenoxy) is 1. The number of rotatable bonds is 3. The predicted octanol–water partition coefficient (Wildman–Crippen LogP) is 3.04. The van der Waals surface area contributed by atoms with E-state index in [1.807, 2.05) is 17.9 Å². The first-order chi connectivity index (χ1) is 8.58. The second-order valence-corrected chi connectivity index (χ2v) is 5.11. The average Bonchev–Trinajstić information content (AvgIpc) is 2.86. The Bertz CT molecular complexity index is 441. The van der Waals surface area contributed by atoms with E-state index in [0.717, 1.165) is 31.5 Å². The highest BCUT2D eigenvalue weighted by Crippen LogP contribution is 2.22. The van der Waals surface area contributed by atoms with Crippen molar-refractivity contribution in [1.29, 1.82) is 0 Å². The summed E-state index contributed by atoms with van der Waals surface area (Å²) in [4.78, 5) is 13.9. The van der Waals surface area contributed by atoms with Crippen LogP contribution >= 0.6 is 11.6 Å². The van der Waals surface area contributed by atoms with Gasteiger partial charge in [0.1, 0.15) is 5.75 Å². The highest BCUT2D eigenvalue weighted by molar-refractivity contribution is 6.31. The molecule has 1 amide bonds. The lowest BCUT2D eigenvalue weighted by molar-refractivity contribution is -0.136. The molecule has 1 heterocycles. The van der Waals surface area contributed by atoms with Gasteiger partial charge >= 0.3 is 0 Å². The first-order valence-electron chi connectivity index (χ1n) is 6.29. The number of likely N-dealkylation sites (tertiary alicyclic amines) is 1. The Kier molecular flexibility index (Phi) is 4.12. The Hall–Kier alpha value is -1.22. The maximum atomic E-state index is 12.1. The van der Waals surface area contributed by atoms with Gasteiger partial charge in [0.2, 0.25) is 0 Å². The van der Waals surface area contributed by atoms with Crippen LogP contribution in [-0.2, 0) is 4.79 Å². The molecule has 1 atom stereocenters. The fraction of sp³-hybridized carbons (Fsp3) is 0.500. The van der Waals surface area contributed by atoms with Gasteiger partial charge < -0.3 is 9.64 Å². The summed E-state index contributed by atoms with van der Waals surface area (Å²) in [6.07, 6.45) is 1.75. The molecule has 0 aromatic heterocycles. The van der Waals surface area contributed by atoms with Gasteiger partial charge in [-0.2, -0.15) is 0 Å². The van der Waals surface area contributed by atoms with E-state index in [1.54, 1.807) is 19.1 Å². The highest BCUT2D eigenvalue weighted by Gasteiger charge is 2.24. The van der Waals surface area contributed by atoms with Gasteiger partial charge in [-0.1, -0.05) is 11.6 Å². The monoisotopic (exact) mass is 267 g/mol. The molecular weight excluding hydrogens is 250 g/mol. The number of nitrogens with zero attached hydrogens (tertiary/aromatic N) is 1. The van der Waals surface area contributed by atoms with Gasteiger partial charge in [-0.3, -0.25) is 4.79 Å². The number of hydrogen-bond acceptors (Lipinski definition) is 2. The molecule has 3 nitrogen and oxygen atoms in total. The molecule has 0 aliphatic carbocycles. The van der Waals surface area contributed by atoms with Crippen LogP contribution in [0.4, 0.5) is 0 Å². The first kappa shape index (κ1) is 13.2. The van der Waals surface area contributed by atoms with Crippen LogP contribution in [0.5, 0.6) is 5.75 Å². The van der Waals surface area contributed by atoms with E-state index in [4.69, 9.17) is 16.3 Å². The van der Waals surface area contributed by atoms with Crippen molar-refractivity contribution in [2.75, 3.05) is 13.1 Å². The molecule has 1 fully saturated rings. The van der Waals surface area contributed by atoms with Gasteiger partial charge in [0.15, 0.2) is 6.10 Å². The molecule has 0 unspecified atom stereocenters. The van der Waals surface area contributed by atoms with Crippen LogP contribution in [0.25, 0.3) is 0 Å². The SMILES string of the molecule is Cc1cc(O[C@H](C)C(=O)N2CCCC2)ccc1Cl. The van der Waals surface area contributed by atoms with Crippen LogP contribution in [0, 0.1) is 6.92 Å². The van der Waals surface area contributed by atoms with Crippen molar-refractivity contribution in [1.82, 2.24) is 4.90 Å². The molecule has 0 radical (unpaired) electrons. The number of benzene rings is 1. The average molecular weight is 268 g/mol. The van der Waals surface area contributed by atoms with Gasteiger partial charge in [-0.25, -0.2) is 0 Å². The zero-order chi connectivity index (χ0) is 13.1. The maximum Gasteiger partial charge on any atom is 0.263 e. The van der Waals surface area contributed by atoms with E-state index < -0.39 is 6.10 Å². The van der Waals surface area contributed by atoms with Gasteiger partial charge in [-0.05, 0) is 50.5 Å². The summed E-state index contributed by atoms with van der Waals surface area (Å²) >= 11 is 5.95. The molecule has 0 bridgehead atoms. The topological polar surface area (TPSA) is 29.5 Å². The van der Waals surface area contributed by atoms with Crippen LogP contribution < -0.4 is 4.74 Å². The number of carbonyl (C=O) groups excluding carboxylic acids is 1. The summed E-state index contributed by atoms with van der Waals surface area (Å²) in [6, 6.07) is 5.44. The number of hydrogen-bond donors (Lipinski definition) is 0. The van der Waals surface area contributed by atoms with Crippen LogP contribution in [-0.4, -0.2) is 30.0 Å². The third kappa shape index (κ3) is 2.96. The van der Waals surface area contributed by atoms with Crippen molar-refractivity contribution in [3.05, 3.63) is 28.8 Å². The predicted molar refractivity (Wildman–Crippen MR) is 72.1 cm³/mol. The zero-order valence-electron chi connectivity index (χ0n) is 10.8. The largest absolute Gasteiger partial charge is 0.481 e. The smallest absolute Gasteiger partial charge is 0.263 e. The lowest BCUT2D eigenvalue weighted by atomic mass is 10.2. The summed E-state index contributed by atoms with van der Waals surface area (Å²) in [5.74, 6) is 0.761. The van der Waals surface area contributed by atoms with Gasteiger partial charge in [-0.15, -0.1) is 0 Å². The van der Waals surface area contributed by atoms with Crippen molar-refractivity contribution in [2.24, 2.45) is 0 Å². The molecule has 1 aromatic rings. The second-order valence-electron chi connectivity index (χ2n) is 4.70. The number of carbonyl (C=O) groups is 1. The molecule has 2 rings (SSSR count). The Morgan fingerprint density at radius 2 is 2.06 bits per heavy atom. The summed E-state index contributed by atoms with van der Waals surface area (Å²) in [6.45, 7) is 5.42. The molecule has 1 aromatic carbocycles. The van der Waals surface area contributed by atoms with E-state index in [9.17, 15) is 4.79 Å². The van der Waals surface area contributed by atoms with Crippen LogP contribution in [0.3, 0.4) is 0 Å². The lowest BCUT2D eigenvalue weighted by Crippen LogP contribution is -2.38. The molecule has 0 N–H and O–H groups in total.